The number of halogens is 4. The molecule has 0 aliphatic rings. The molecule has 18 heavy (non-hydrogen) atoms. The van der Waals surface area contributed by atoms with Crippen molar-refractivity contribution in [2.24, 2.45) is 0 Å². The lowest BCUT2D eigenvalue weighted by molar-refractivity contribution is -0.274. The minimum absolute atomic E-state index is 0.207. The van der Waals surface area contributed by atoms with Gasteiger partial charge in [-0.3, -0.25) is 0 Å². The van der Waals surface area contributed by atoms with Crippen molar-refractivity contribution >= 4 is 17.6 Å². The molecule has 0 unspecified atom stereocenters. The molecule has 0 bridgehead atoms. The number of carbonyl (C=O) groups is 1. The predicted octanol–water partition coefficient (Wildman–Crippen LogP) is 2.90. The second-order valence-corrected chi connectivity index (χ2v) is 3.33. The lowest BCUT2D eigenvalue weighted by Gasteiger charge is -2.12. The molecular formula is C10H5ClF3NO3. The second-order valence-electron chi connectivity index (χ2n) is 2.95. The van der Waals surface area contributed by atoms with Crippen LogP contribution in [-0.4, -0.2) is 19.4 Å². The van der Waals surface area contributed by atoms with E-state index in [0.29, 0.717) is 0 Å². The zero-order valence-electron chi connectivity index (χ0n) is 8.84. The number of alkyl halides is 3. The summed E-state index contributed by atoms with van der Waals surface area (Å²) in [6.07, 6.45) is -4.95. The molecule has 4 nitrogen and oxygen atoms in total. The van der Waals surface area contributed by atoms with Crippen LogP contribution in [0.5, 0.6) is 5.75 Å². The molecule has 0 saturated heterocycles. The Hall–Kier alpha value is -1.94. The third-order valence-corrected chi connectivity index (χ3v) is 2.22. The molecule has 8 heteroatoms. The highest BCUT2D eigenvalue weighted by atomic mass is 35.5. The predicted molar refractivity (Wildman–Crippen MR) is 54.2 cm³/mol. The van der Waals surface area contributed by atoms with Gasteiger partial charge >= 0.3 is 12.3 Å². The topological polar surface area (TPSA) is 59.3 Å². The van der Waals surface area contributed by atoms with Crippen molar-refractivity contribution in [1.82, 2.24) is 0 Å². The molecule has 0 fully saturated rings. The summed E-state index contributed by atoms with van der Waals surface area (Å²) in [6.45, 7) is 0. The lowest BCUT2D eigenvalue weighted by atomic mass is 10.1. The van der Waals surface area contributed by atoms with E-state index in [1.807, 2.05) is 0 Å². The average Bonchev–Trinajstić information content (AvgIpc) is 2.29. The molecule has 0 spiro atoms. The Morgan fingerprint density at radius 3 is 2.50 bits per heavy atom. The zero-order chi connectivity index (χ0) is 13.9. The normalized spacial score (nSPS) is 10.7. The summed E-state index contributed by atoms with van der Waals surface area (Å²) >= 11 is 5.60. The average molecular weight is 280 g/mol. The monoisotopic (exact) mass is 279 g/mol. The molecule has 0 radical (unpaired) electrons. The van der Waals surface area contributed by atoms with Gasteiger partial charge in [-0.2, -0.15) is 5.26 Å². The molecule has 96 valence electrons. The first kappa shape index (κ1) is 14.1. The largest absolute Gasteiger partial charge is 0.573 e. The van der Waals surface area contributed by atoms with Gasteiger partial charge < -0.3 is 9.47 Å². The number of nitriles is 1. The van der Waals surface area contributed by atoms with Crippen LogP contribution in [0.1, 0.15) is 15.9 Å². The number of hydrogen-bond donors (Lipinski definition) is 0. The number of methoxy groups -OCH3 is 1. The van der Waals surface area contributed by atoms with Crippen molar-refractivity contribution in [1.29, 1.82) is 5.26 Å². The van der Waals surface area contributed by atoms with Crippen LogP contribution < -0.4 is 4.74 Å². The van der Waals surface area contributed by atoms with Crippen LogP contribution in [0.4, 0.5) is 13.2 Å². The van der Waals surface area contributed by atoms with E-state index in [1.165, 1.54) is 0 Å². The van der Waals surface area contributed by atoms with Crippen molar-refractivity contribution in [3.8, 4) is 11.8 Å². The van der Waals surface area contributed by atoms with Crippen LogP contribution in [0.15, 0.2) is 12.1 Å². The Labute approximate surface area is 104 Å². The number of rotatable bonds is 2. The van der Waals surface area contributed by atoms with Crippen LogP contribution in [0.25, 0.3) is 0 Å². The van der Waals surface area contributed by atoms with E-state index in [9.17, 15) is 18.0 Å². The van der Waals surface area contributed by atoms with Gasteiger partial charge in [-0.1, -0.05) is 11.6 Å². The third kappa shape index (κ3) is 3.05. The summed E-state index contributed by atoms with van der Waals surface area (Å²) in [4.78, 5) is 11.3. The van der Waals surface area contributed by atoms with Gasteiger partial charge in [0, 0.05) is 0 Å². The van der Waals surface area contributed by atoms with E-state index in [-0.39, 0.29) is 5.56 Å². The molecule has 1 aromatic carbocycles. The lowest BCUT2D eigenvalue weighted by Crippen LogP contribution is -2.18. The van der Waals surface area contributed by atoms with Crippen molar-refractivity contribution in [3.63, 3.8) is 0 Å². The van der Waals surface area contributed by atoms with Crippen molar-refractivity contribution in [3.05, 3.63) is 28.3 Å². The Balaban J connectivity index is 3.35. The first-order chi connectivity index (χ1) is 8.30. The number of ether oxygens (including phenoxy) is 2. The van der Waals surface area contributed by atoms with Crippen LogP contribution in [-0.2, 0) is 4.74 Å². The maximum absolute atomic E-state index is 12.1. The zero-order valence-corrected chi connectivity index (χ0v) is 9.59. The van der Waals surface area contributed by atoms with E-state index in [2.05, 4.69) is 9.47 Å². The van der Waals surface area contributed by atoms with Gasteiger partial charge in [-0.25, -0.2) is 4.79 Å². The Morgan fingerprint density at radius 1 is 1.44 bits per heavy atom. The van der Waals surface area contributed by atoms with Gasteiger partial charge in [-0.05, 0) is 12.1 Å². The fourth-order valence-electron chi connectivity index (χ4n) is 1.16. The van der Waals surface area contributed by atoms with E-state index in [4.69, 9.17) is 16.9 Å². The molecule has 1 aromatic rings. The van der Waals surface area contributed by atoms with Gasteiger partial charge in [-0.15, -0.1) is 13.2 Å². The number of carbonyl (C=O) groups excluding carboxylic acids is 1. The van der Waals surface area contributed by atoms with Crippen LogP contribution >= 0.6 is 11.6 Å². The Kier molecular flexibility index (Phi) is 4.03. The molecular weight excluding hydrogens is 275 g/mol. The van der Waals surface area contributed by atoms with E-state index in [0.717, 1.165) is 19.2 Å². The van der Waals surface area contributed by atoms with Crippen molar-refractivity contribution in [2.45, 2.75) is 6.36 Å². The standard InChI is InChI=1S/C10H5ClF3NO3/c1-17-9(16)7-5(4-15)2-3-6(8(7)11)18-10(12,13)14/h2-3H,1H3. The molecule has 0 atom stereocenters. The van der Waals surface area contributed by atoms with Crippen LogP contribution in [0.2, 0.25) is 5.02 Å². The second kappa shape index (κ2) is 5.14. The summed E-state index contributed by atoms with van der Waals surface area (Å²) in [5.74, 6) is -1.80. The van der Waals surface area contributed by atoms with E-state index >= 15 is 0 Å². The highest BCUT2D eigenvalue weighted by Gasteiger charge is 2.33. The van der Waals surface area contributed by atoms with Gasteiger partial charge in [0.15, 0.2) is 0 Å². The fourth-order valence-corrected chi connectivity index (χ4v) is 1.44. The summed E-state index contributed by atoms with van der Waals surface area (Å²) < 4.78 is 44.1. The fraction of sp³-hybridized carbons (Fsp3) is 0.200. The molecule has 0 saturated carbocycles. The maximum atomic E-state index is 12.1. The van der Waals surface area contributed by atoms with E-state index < -0.39 is 28.7 Å². The Morgan fingerprint density at radius 2 is 2.06 bits per heavy atom. The molecule has 0 heterocycles. The van der Waals surface area contributed by atoms with Gasteiger partial charge in [0.2, 0.25) is 0 Å². The minimum atomic E-state index is -4.95. The highest BCUT2D eigenvalue weighted by Crippen LogP contribution is 2.34. The number of esters is 1. The molecule has 1 rings (SSSR count). The summed E-state index contributed by atoms with van der Waals surface area (Å²) in [7, 11) is 1.01. The highest BCUT2D eigenvalue weighted by molar-refractivity contribution is 6.35. The van der Waals surface area contributed by atoms with Crippen molar-refractivity contribution in [2.75, 3.05) is 7.11 Å². The number of nitrogens with zero attached hydrogens (tertiary/aromatic N) is 1. The van der Waals surface area contributed by atoms with E-state index in [1.54, 1.807) is 6.07 Å². The maximum Gasteiger partial charge on any atom is 0.573 e. The molecule has 0 amide bonds. The first-order valence-electron chi connectivity index (χ1n) is 4.36. The number of benzene rings is 1. The van der Waals surface area contributed by atoms with Gasteiger partial charge in [0.05, 0.1) is 23.3 Å². The Bertz CT molecular complexity index is 522. The molecule has 0 aliphatic carbocycles. The summed E-state index contributed by atoms with van der Waals surface area (Å²) in [5.41, 5.74) is -0.676. The SMILES string of the molecule is COC(=O)c1c(C#N)ccc(OC(F)(F)F)c1Cl. The number of hydrogen-bond acceptors (Lipinski definition) is 4. The smallest absolute Gasteiger partial charge is 0.465 e. The first-order valence-corrected chi connectivity index (χ1v) is 4.74. The summed E-state index contributed by atoms with van der Waals surface area (Å²) in [6, 6.07) is 3.45. The quantitative estimate of drug-likeness (QED) is 0.781. The minimum Gasteiger partial charge on any atom is -0.465 e. The van der Waals surface area contributed by atoms with Crippen molar-refractivity contribution < 1.29 is 27.4 Å². The molecule has 0 aromatic heterocycles. The van der Waals surface area contributed by atoms with Gasteiger partial charge in [0.1, 0.15) is 11.8 Å². The summed E-state index contributed by atoms with van der Waals surface area (Å²) in [5, 5.41) is 8.10. The van der Waals surface area contributed by atoms with Gasteiger partial charge in [0.25, 0.3) is 0 Å². The van der Waals surface area contributed by atoms with Crippen LogP contribution in [0, 0.1) is 11.3 Å². The third-order valence-electron chi connectivity index (χ3n) is 1.84. The van der Waals surface area contributed by atoms with Crippen LogP contribution in [0.3, 0.4) is 0 Å². The molecule has 0 N–H and O–H groups in total. The molecule has 0 aliphatic heterocycles.